The summed E-state index contributed by atoms with van der Waals surface area (Å²) < 4.78 is 27.9. The van der Waals surface area contributed by atoms with Crippen LogP contribution in [0.15, 0.2) is 34.5 Å². The molecular weight excluding hydrogens is 352 g/mol. The zero-order valence-corrected chi connectivity index (χ0v) is 15.3. The first-order chi connectivity index (χ1) is 11.0. The van der Waals surface area contributed by atoms with E-state index >= 15 is 0 Å². The van der Waals surface area contributed by atoms with Gasteiger partial charge in [-0.15, -0.1) is 11.3 Å². The van der Waals surface area contributed by atoms with E-state index in [1.807, 2.05) is 19.1 Å². The Balaban J connectivity index is 1.87. The third-order valence-electron chi connectivity index (χ3n) is 3.90. The highest BCUT2D eigenvalue weighted by Gasteiger charge is 2.19. The van der Waals surface area contributed by atoms with Gasteiger partial charge >= 0.3 is 0 Å². The SMILES string of the molecule is Cc1ccc(S(=O)(=O)Nc2cc(N3CCCCC3)ccc2Cl)s1. The fourth-order valence-electron chi connectivity index (χ4n) is 2.69. The van der Waals surface area contributed by atoms with Crippen molar-refractivity contribution in [1.29, 1.82) is 0 Å². The largest absolute Gasteiger partial charge is 0.371 e. The van der Waals surface area contributed by atoms with E-state index in [4.69, 9.17) is 11.6 Å². The second-order valence-electron chi connectivity index (χ2n) is 5.68. The number of rotatable bonds is 4. The number of aryl methyl sites for hydroxylation is 1. The smallest absolute Gasteiger partial charge is 0.271 e. The molecule has 1 N–H and O–H groups in total. The van der Waals surface area contributed by atoms with Crippen molar-refractivity contribution in [2.75, 3.05) is 22.7 Å². The fraction of sp³-hybridized carbons (Fsp3) is 0.375. The van der Waals surface area contributed by atoms with Gasteiger partial charge in [-0.3, -0.25) is 4.72 Å². The van der Waals surface area contributed by atoms with Crippen LogP contribution in [-0.2, 0) is 10.0 Å². The quantitative estimate of drug-likeness (QED) is 0.861. The van der Waals surface area contributed by atoms with Crippen LogP contribution in [0, 0.1) is 6.92 Å². The first kappa shape index (κ1) is 16.6. The Morgan fingerprint density at radius 3 is 2.52 bits per heavy atom. The van der Waals surface area contributed by atoms with Crippen molar-refractivity contribution in [3.8, 4) is 0 Å². The molecule has 0 amide bonds. The summed E-state index contributed by atoms with van der Waals surface area (Å²) in [6.07, 6.45) is 3.58. The van der Waals surface area contributed by atoms with E-state index in [2.05, 4.69) is 9.62 Å². The van der Waals surface area contributed by atoms with Gasteiger partial charge in [0.15, 0.2) is 0 Å². The Hall–Kier alpha value is -1.24. The molecule has 1 aliphatic rings. The number of sulfonamides is 1. The average Bonchev–Trinajstić information content (AvgIpc) is 2.98. The van der Waals surface area contributed by atoms with Gasteiger partial charge in [0.25, 0.3) is 10.0 Å². The van der Waals surface area contributed by atoms with E-state index in [1.165, 1.54) is 17.8 Å². The summed E-state index contributed by atoms with van der Waals surface area (Å²) in [6.45, 7) is 3.88. The van der Waals surface area contributed by atoms with Crippen LogP contribution in [-0.4, -0.2) is 21.5 Å². The molecule has 0 bridgehead atoms. The zero-order valence-electron chi connectivity index (χ0n) is 12.9. The van der Waals surface area contributed by atoms with Gasteiger partial charge in [-0.2, -0.15) is 0 Å². The lowest BCUT2D eigenvalue weighted by atomic mass is 10.1. The molecule has 1 aromatic heterocycles. The normalized spacial score (nSPS) is 15.7. The van der Waals surface area contributed by atoms with Gasteiger partial charge in [0.05, 0.1) is 10.7 Å². The number of hydrogen-bond donors (Lipinski definition) is 1. The summed E-state index contributed by atoms with van der Waals surface area (Å²) in [5, 5.41) is 0.405. The summed E-state index contributed by atoms with van der Waals surface area (Å²) in [5.74, 6) is 0. The molecule has 3 rings (SSSR count). The van der Waals surface area contributed by atoms with Gasteiger partial charge in [-0.25, -0.2) is 8.42 Å². The molecule has 2 aromatic rings. The molecule has 23 heavy (non-hydrogen) atoms. The van der Waals surface area contributed by atoms with Gasteiger partial charge in [0.2, 0.25) is 0 Å². The van der Waals surface area contributed by atoms with Crippen LogP contribution < -0.4 is 9.62 Å². The average molecular weight is 371 g/mol. The number of benzene rings is 1. The van der Waals surface area contributed by atoms with E-state index in [0.717, 1.165) is 36.5 Å². The van der Waals surface area contributed by atoms with Crippen LogP contribution in [0.2, 0.25) is 5.02 Å². The van der Waals surface area contributed by atoms with Gasteiger partial charge in [-0.05, 0) is 56.5 Å². The van der Waals surface area contributed by atoms with Crippen molar-refractivity contribution < 1.29 is 8.42 Å². The molecule has 1 saturated heterocycles. The molecule has 0 unspecified atom stereocenters. The number of thiophene rings is 1. The van der Waals surface area contributed by atoms with Crippen molar-refractivity contribution in [1.82, 2.24) is 0 Å². The molecule has 0 spiro atoms. The molecule has 0 radical (unpaired) electrons. The number of nitrogens with zero attached hydrogens (tertiary/aromatic N) is 1. The summed E-state index contributed by atoms with van der Waals surface area (Å²) in [5.41, 5.74) is 1.44. The number of piperidine rings is 1. The fourth-order valence-corrected chi connectivity index (χ4v) is 5.27. The van der Waals surface area contributed by atoms with E-state index < -0.39 is 10.0 Å². The van der Waals surface area contributed by atoms with Crippen molar-refractivity contribution >= 4 is 44.3 Å². The summed E-state index contributed by atoms with van der Waals surface area (Å²) in [4.78, 5) is 3.23. The number of nitrogens with one attached hydrogen (secondary N) is 1. The second kappa shape index (κ2) is 6.71. The Morgan fingerprint density at radius 1 is 1.13 bits per heavy atom. The Bertz CT molecular complexity index is 796. The van der Waals surface area contributed by atoms with E-state index in [-0.39, 0.29) is 0 Å². The molecule has 1 aromatic carbocycles. The van der Waals surface area contributed by atoms with Crippen LogP contribution in [0.5, 0.6) is 0 Å². The van der Waals surface area contributed by atoms with Crippen LogP contribution in [0.4, 0.5) is 11.4 Å². The molecule has 1 fully saturated rings. The van der Waals surface area contributed by atoms with Crippen molar-refractivity contribution in [2.24, 2.45) is 0 Å². The topological polar surface area (TPSA) is 49.4 Å². The third kappa shape index (κ3) is 3.82. The molecule has 4 nitrogen and oxygen atoms in total. The first-order valence-corrected chi connectivity index (χ1v) is 10.3. The minimum atomic E-state index is -3.60. The third-order valence-corrected chi connectivity index (χ3v) is 7.08. The lowest BCUT2D eigenvalue weighted by Crippen LogP contribution is -2.29. The first-order valence-electron chi connectivity index (χ1n) is 7.59. The van der Waals surface area contributed by atoms with Crippen LogP contribution >= 0.6 is 22.9 Å². The van der Waals surface area contributed by atoms with E-state index in [9.17, 15) is 8.42 Å². The Kier molecular flexibility index (Phi) is 4.85. The summed E-state index contributed by atoms with van der Waals surface area (Å²) >= 11 is 7.44. The van der Waals surface area contributed by atoms with Crippen LogP contribution in [0.3, 0.4) is 0 Å². The lowest BCUT2D eigenvalue weighted by molar-refractivity contribution is 0.578. The molecule has 124 valence electrons. The maximum absolute atomic E-state index is 12.5. The predicted octanol–water partition coefficient (Wildman–Crippen LogP) is 4.50. The van der Waals surface area contributed by atoms with E-state index in [0.29, 0.717) is 14.9 Å². The van der Waals surface area contributed by atoms with Gasteiger partial charge in [0.1, 0.15) is 4.21 Å². The molecule has 1 aliphatic heterocycles. The highest BCUT2D eigenvalue weighted by Crippen LogP contribution is 2.32. The monoisotopic (exact) mass is 370 g/mol. The van der Waals surface area contributed by atoms with Gasteiger partial charge in [-0.1, -0.05) is 11.6 Å². The standard InChI is InChI=1S/C16H19ClN2O2S2/c1-12-5-8-16(22-12)23(20,21)18-15-11-13(6-7-14(15)17)19-9-3-2-4-10-19/h5-8,11,18H,2-4,9-10H2,1H3. The van der Waals surface area contributed by atoms with Crippen LogP contribution in [0.1, 0.15) is 24.1 Å². The summed E-state index contributed by atoms with van der Waals surface area (Å²) in [7, 11) is -3.60. The molecule has 7 heteroatoms. The van der Waals surface area contributed by atoms with Gasteiger partial charge in [0, 0.05) is 23.7 Å². The maximum atomic E-state index is 12.5. The highest BCUT2D eigenvalue weighted by atomic mass is 35.5. The van der Waals surface area contributed by atoms with Gasteiger partial charge < -0.3 is 4.90 Å². The number of halogens is 1. The molecule has 0 aliphatic carbocycles. The van der Waals surface area contributed by atoms with Crippen LogP contribution in [0.25, 0.3) is 0 Å². The maximum Gasteiger partial charge on any atom is 0.271 e. The van der Waals surface area contributed by atoms with Crippen molar-refractivity contribution in [3.05, 3.63) is 40.2 Å². The zero-order chi connectivity index (χ0) is 16.4. The number of hydrogen-bond acceptors (Lipinski definition) is 4. The Labute approximate surface area is 146 Å². The lowest BCUT2D eigenvalue weighted by Gasteiger charge is -2.29. The van der Waals surface area contributed by atoms with E-state index in [1.54, 1.807) is 18.2 Å². The highest BCUT2D eigenvalue weighted by molar-refractivity contribution is 7.94. The molecular formula is C16H19ClN2O2S2. The van der Waals surface area contributed by atoms with Crippen molar-refractivity contribution in [2.45, 2.75) is 30.4 Å². The molecule has 2 heterocycles. The summed E-state index contributed by atoms with van der Waals surface area (Å²) in [6, 6.07) is 8.94. The number of anilines is 2. The van der Waals surface area contributed by atoms with Crippen molar-refractivity contribution in [3.63, 3.8) is 0 Å². The second-order valence-corrected chi connectivity index (χ2v) is 9.29. The minimum absolute atomic E-state index is 0.300. The Morgan fingerprint density at radius 2 is 1.87 bits per heavy atom. The minimum Gasteiger partial charge on any atom is -0.371 e. The predicted molar refractivity (Wildman–Crippen MR) is 97.4 cm³/mol. The molecule has 0 atom stereocenters. The molecule has 0 saturated carbocycles.